The highest BCUT2D eigenvalue weighted by atomic mass is 35.5. The molecule has 6 heteroatoms. The molecule has 1 amide bonds. The van der Waals surface area contributed by atoms with Gasteiger partial charge < -0.3 is 19.3 Å². The van der Waals surface area contributed by atoms with Crippen LogP contribution in [0.15, 0.2) is 60.7 Å². The average Bonchev–Trinajstić information content (AvgIpc) is 3.35. The number of fused-ring (bicyclic) bond motifs is 1. The molecule has 0 aromatic heterocycles. The van der Waals surface area contributed by atoms with Gasteiger partial charge in [-0.1, -0.05) is 62.3 Å². The maximum absolute atomic E-state index is 13.9. The predicted molar refractivity (Wildman–Crippen MR) is 190 cm³/mol. The first-order valence-corrected chi connectivity index (χ1v) is 17.9. The summed E-state index contributed by atoms with van der Waals surface area (Å²) in [6, 6.07) is 20.1. The Kier molecular flexibility index (Phi) is 10.5. The standard InChI is InChI=1S/C40H51ClN2O3/c1-27(2)46-38-25-36-32(23-37(38)45-4)24-39(44)43(40(36)31-15-17-33(41)18-16-31)35-21-19-34(20-22-35)42(3)26-28-11-13-30(14-12-28)29-9-7-5-6-8-10-29/h15-23,25,27-30,40H,5-14,24,26H2,1-4H3/t28?,30?,40-/m0/s1. The molecule has 3 aromatic carbocycles. The molecule has 246 valence electrons. The number of ether oxygens (including phenoxy) is 2. The number of carbonyl (C=O) groups is 1. The largest absolute Gasteiger partial charge is 0.493 e. The van der Waals surface area contributed by atoms with E-state index in [4.69, 9.17) is 21.1 Å². The molecule has 0 unspecified atom stereocenters. The first-order valence-electron chi connectivity index (χ1n) is 17.6. The van der Waals surface area contributed by atoms with Crippen LogP contribution in [0.25, 0.3) is 0 Å². The lowest BCUT2D eigenvalue weighted by molar-refractivity contribution is -0.118. The first kappa shape index (κ1) is 32.7. The summed E-state index contributed by atoms with van der Waals surface area (Å²) in [7, 11) is 3.86. The minimum absolute atomic E-state index is 0.0108. The number of rotatable bonds is 9. The van der Waals surface area contributed by atoms with E-state index in [9.17, 15) is 4.79 Å². The van der Waals surface area contributed by atoms with Gasteiger partial charge in [-0.05, 0) is 123 Å². The minimum Gasteiger partial charge on any atom is -0.493 e. The Labute approximate surface area is 281 Å². The molecule has 0 radical (unpaired) electrons. The molecule has 0 saturated heterocycles. The van der Waals surface area contributed by atoms with Crippen LogP contribution in [0, 0.1) is 17.8 Å². The molecular weight excluding hydrogens is 592 g/mol. The topological polar surface area (TPSA) is 42.0 Å². The fraction of sp³-hybridized carbons (Fsp3) is 0.525. The molecule has 0 N–H and O–H groups in total. The van der Waals surface area contributed by atoms with Gasteiger partial charge in [0, 0.05) is 30.0 Å². The molecule has 0 bridgehead atoms. The molecule has 6 rings (SSSR count). The highest BCUT2D eigenvalue weighted by Crippen LogP contribution is 2.44. The van der Waals surface area contributed by atoms with E-state index < -0.39 is 0 Å². The van der Waals surface area contributed by atoms with E-state index in [-0.39, 0.29) is 18.1 Å². The molecule has 46 heavy (non-hydrogen) atoms. The Morgan fingerprint density at radius 3 is 2.13 bits per heavy atom. The number of anilines is 2. The summed E-state index contributed by atoms with van der Waals surface area (Å²) in [6.45, 7) is 5.10. The van der Waals surface area contributed by atoms with Crippen molar-refractivity contribution in [1.82, 2.24) is 0 Å². The fourth-order valence-electron chi connectivity index (χ4n) is 8.31. The zero-order valence-electron chi connectivity index (χ0n) is 28.1. The van der Waals surface area contributed by atoms with Crippen molar-refractivity contribution in [2.75, 3.05) is 30.5 Å². The molecule has 2 saturated carbocycles. The number of hydrogen-bond acceptors (Lipinski definition) is 4. The Bertz CT molecular complexity index is 1460. The summed E-state index contributed by atoms with van der Waals surface area (Å²) in [4.78, 5) is 18.3. The monoisotopic (exact) mass is 642 g/mol. The van der Waals surface area contributed by atoms with Crippen LogP contribution in [0.1, 0.15) is 101 Å². The van der Waals surface area contributed by atoms with Crippen molar-refractivity contribution in [2.24, 2.45) is 17.8 Å². The highest BCUT2D eigenvalue weighted by Gasteiger charge is 2.36. The molecule has 2 fully saturated rings. The van der Waals surface area contributed by atoms with Crippen LogP contribution >= 0.6 is 11.6 Å². The number of amides is 1. The van der Waals surface area contributed by atoms with Gasteiger partial charge in [-0.3, -0.25) is 4.79 Å². The maximum Gasteiger partial charge on any atom is 0.232 e. The van der Waals surface area contributed by atoms with E-state index >= 15 is 0 Å². The van der Waals surface area contributed by atoms with Gasteiger partial charge in [-0.25, -0.2) is 0 Å². The van der Waals surface area contributed by atoms with Crippen molar-refractivity contribution >= 4 is 28.9 Å². The second-order valence-corrected chi connectivity index (χ2v) is 14.6. The highest BCUT2D eigenvalue weighted by molar-refractivity contribution is 6.30. The van der Waals surface area contributed by atoms with Gasteiger partial charge in [-0.15, -0.1) is 0 Å². The van der Waals surface area contributed by atoms with Crippen molar-refractivity contribution in [3.05, 3.63) is 82.4 Å². The lowest BCUT2D eigenvalue weighted by Crippen LogP contribution is -2.41. The van der Waals surface area contributed by atoms with Crippen LogP contribution in [0.2, 0.25) is 5.02 Å². The third kappa shape index (κ3) is 7.35. The molecule has 1 atom stereocenters. The molecule has 1 aliphatic heterocycles. The molecule has 1 heterocycles. The second kappa shape index (κ2) is 14.7. The van der Waals surface area contributed by atoms with Crippen LogP contribution in [0.3, 0.4) is 0 Å². The third-order valence-corrected chi connectivity index (χ3v) is 10.9. The lowest BCUT2D eigenvalue weighted by Gasteiger charge is -2.38. The summed E-state index contributed by atoms with van der Waals surface area (Å²) >= 11 is 6.30. The van der Waals surface area contributed by atoms with Crippen molar-refractivity contribution in [3.63, 3.8) is 0 Å². The van der Waals surface area contributed by atoms with Crippen molar-refractivity contribution < 1.29 is 14.3 Å². The zero-order chi connectivity index (χ0) is 32.2. The molecule has 2 aliphatic carbocycles. The van der Waals surface area contributed by atoms with Crippen LogP contribution in [0.4, 0.5) is 11.4 Å². The van der Waals surface area contributed by atoms with Gasteiger partial charge >= 0.3 is 0 Å². The Morgan fingerprint density at radius 1 is 0.848 bits per heavy atom. The van der Waals surface area contributed by atoms with Crippen molar-refractivity contribution in [2.45, 2.75) is 96.6 Å². The number of carbonyl (C=O) groups excluding carboxylic acids is 1. The molecule has 5 nitrogen and oxygen atoms in total. The number of halogens is 1. The normalized spacial score (nSPS) is 22.3. The Hall–Kier alpha value is -3.18. The van der Waals surface area contributed by atoms with Gasteiger partial charge in [0.25, 0.3) is 0 Å². The number of nitrogens with zero attached hydrogens (tertiary/aromatic N) is 2. The minimum atomic E-state index is -0.318. The number of hydrogen-bond donors (Lipinski definition) is 0. The van der Waals surface area contributed by atoms with Gasteiger partial charge in [0.1, 0.15) is 0 Å². The van der Waals surface area contributed by atoms with Crippen LogP contribution in [-0.4, -0.2) is 32.7 Å². The summed E-state index contributed by atoms with van der Waals surface area (Å²) in [5.74, 6) is 4.07. The van der Waals surface area contributed by atoms with E-state index in [2.05, 4.69) is 42.3 Å². The number of benzene rings is 3. The quantitative estimate of drug-likeness (QED) is 0.218. The van der Waals surface area contributed by atoms with E-state index in [0.29, 0.717) is 22.9 Å². The summed E-state index contributed by atoms with van der Waals surface area (Å²) < 4.78 is 11.8. The lowest BCUT2D eigenvalue weighted by atomic mass is 9.73. The van der Waals surface area contributed by atoms with Crippen molar-refractivity contribution in [3.8, 4) is 11.5 Å². The zero-order valence-corrected chi connectivity index (χ0v) is 28.9. The summed E-state index contributed by atoms with van der Waals surface area (Å²) in [6.07, 6.45) is 14.5. The van der Waals surface area contributed by atoms with Crippen LogP contribution < -0.4 is 19.3 Å². The molecule has 3 aliphatic rings. The number of methoxy groups -OCH3 is 1. The summed E-state index contributed by atoms with van der Waals surface area (Å²) in [5, 5.41) is 0.668. The average molecular weight is 643 g/mol. The van der Waals surface area contributed by atoms with Gasteiger partial charge in [0.15, 0.2) is 11.5 Å². The van der Waals surface area contributed by atoms with Gasteiger partial charge in [-0.2, -0.15) is 0 Å². The fourth-order valence-corrected chi connectivity index (χ4v) is 8.44. The second-order valence-electron chi connectivity index (χ2n) is 14.2. The van der Waals surface area contributed by atoms with Gasteiger partial charge in [0.2, 0.25) is 5.91 Å². The molecule has 0 spiro atoms. The van der Waals surface area contributed by atoms with Crippen LogP contribution in [-0.2, 0) is 11.2 Å². The van der Waals surface area contributed by atoms with E-state index in [1.165, 1.54) is 69.9 Å². The van der Waals surface area contributed by atoms with Gasteiger partial charge in [0.05, 0.1) is 25.7 Å². The first-order chi connectivity index (χ1) is 22.3. The molecular formula is C40H51ClN2O3. The third-order valence-electron chi connectivity index (χ3n) is 10.7. The van der Waals surface area contributed by atoms with Crippen LogP contribution in [0.5, 0.6) is 11.5 Å². The summed E-state index contributed by atoms with van der Waals surface area (Å²) in [5.41, 5.74) is 5.08. The SMILES string of the molecule is COc1cc2c(cc1OC(C)C)[C@H](c1ccc(Cl)cc1)N(c1ccc(N(C)CC3CCC(C4CCCCCC4)CC3)cc1)C(=O)C2. The predicted octanol–water partition coefficient (Wildman–Crippen LogP) is 10.0. The smallest absolute Gasteiger partial charge is 0.232 e. The van der Waals surface area contributed by atoms with Crippen molar-refractivity contribution in [1.29, 1.82) is 0 Å². The van der Waals surface area contributed by atoms with E-state index in [0.717, 1.165) is 46.7 Å². The Balaban J connectivity index is 1.21. The molecule has 3 aromatic rings. The Morgan fingerprint density at radius 2 is 1.50 bits per heavy atom. The van der Waals surface area contributed by atoms with E-state index in [1.54, 1.807) is 7.11 Å². The van der Waals surface area contributed by atoms with E-state index in [1.807, 2.05) is 49.1 Å². The maximum atomic E-state index is 13.9.